The minimum Gasteiger partial charge on any atom is -0.503 e. The van der Waals surface area contributed by atoms with E-state index in [0.717, 1.165) is 0 Å². The molecular formula is C29H32N2O9. The van der Waals surface area contributed by atoms with E-state index in [-0.39, 0.29) is 17.2 Å². The van der Waals surface area contributed by atoms with Gasteiger partial charge in [0, 0.05) is 17.8 Å². The molecule has 0 aliphatic carbocycles. The summed E-state index contributed by atoms with van der Waals surface area (Å²) in [7, 11) is 7.46. The molecule has 1 aromatic heterocycles. The molecule has 0 fully saturated rings. The first-order chi connectivity index (χ1) is 19.2. The van der Waals surface area contributed by atoms with Crippen molar-refractivity contribution >= 4 is 17.4 Å². The van der Waals surface area contributed by atoms with Crippen LogP contribution >= 0.6 is 0 Å². The Labute approximate surface area is 232 Å². The molecule has 1 amide bonds. The maximum atomic E-state index is 13.1. The second kappa shape index (κ2) is 13.2. The van der Waals surface area contributed by atoms with Crippen LogP contribution in [0.1, 0.15) is 35.5 Å². The van der Waals surface area contributed by atoms with Crippen LogP contribution in [-0.4, -0.2) is 63.6 Å². The van der Waals surface area contributed by atoms with Crippen molar-refractivity contribution in [3.05, 3.63) is 71.2 Å². The Kier molecular flexibility index (Phi) is 9.80. The van der Waals surface area contributed by atoms with E-state index in [2.05, 4.69) is 10.3 Å². The van der Waals surface area contributed by atoms with Gasteiger partial charge in [-0.2, -0.15) is 0 Å². The van der Waals surface area contributed by atoms with E-state index in [1.54, 1.807) is 43.3 Å². The molecule has 40 heavy (non-hydrogen) atoms. The zero-order chi connectivity index (χ0) is 29.4. The van der Waals surface area contributed by atoms with Gasteiger partial charge in [-0.15, -0.1) is 0 Å². The minimum absolute atomic E-state index is 0.0728. The summed E-state index contributed by atoms with van der Waals surface area (Å²) in [6, 6.07) is 10.9. The van der Waals surface area contributed by atoms with E-state index >= 15 is 0 Å². The lowest BCUT2D eigenvalue weighted by atomic mass is 9.96. The molecule has 0 unspecified atom stereocenters. The lowest BCUT2D eigenvalue weighted by molar-refractivity contribution is -0.141. The molecule has 0 saturated heterocycles. The summed E-state index contributed by atoms with van der Waals surface area (Å²) in [5, 5.41) is 12.7. The summed E-state index contributed by atoms with van der Waals surface area (Å²) in [5.41, 5.74) is 1.60. The molecule has 11 nitrogen and oxygen atoms in total. The average molecular weight is 553 g/mol. The first kappa shape index (κ1) is 29.6. The molecule has 2 aromatic carbocycles. The highest BCUT2D eigenvalue weighted by molar-refractivity contribution is 5.98. The van der Waals surface area contributed by atoms with Crippen LogP contribution < -0.4 is 29.0 Å². The number of hydrogen-bond acceptors (Lipinski definition) is 10. The summed E-state index contributed by atoms with van der Waals surface area (Å²) < 4.78 is 32.4. The fourth-order valence-electron chi connectivity index (χ4n) is 3.94. The summed E-state index contributed by atoms with van der Waals surface area (Å²) in [4.78, 5) is 29.7. The Balaban J connectivity index is 1.98. The van der Waals surface area contributed by atoms with Crippen LogP contribution in [0.15, 0.2) is 54.4 Å². The summed E-state index contributed by atoms with van der Waals surface area (Å²) in [5.74, 6) is 0.359. The lowest BCUT2D eigenvalue weighted by Crippen LogP contribution is -2.39. The van der Waals surface area contributed by atoms with E-state index in [0.29, 0.717) is 39.7 Å². The van der Waals surface area contributed by atoms with Gasteiger partial charge in [0.15, 0.2) is 40.2 Å². The fraction of sp³-hybridized carbons (Fsp3) is 0.276. The fourth-order valence-corrected chi connectivity index (χ4v) is 3.94. The second-order valence-electron chi connectivity index (χ2n) is 8.40. The molecule has 0 aliphatic rings. The summed E-state index contributed by atoms with van der Waals surface area (Å²) in [6.07, 6.45) is 1.31. The van der Waals surface area contributed by atoms with Crippen molar-refractivity contribution in [3.8, 4) is 34.5 Å². The summed E-state index contributed by atoms with van der Waals surface area (Å²) in [6.45, 7) is 3.09. The van der Waals surface area contributed by atoms with Crippen molar-refractivity contribution in [1.82, 2.24) is 10.3 Å². The van der Waals surface area contributed by atoms with Gasteiger partial charge in [0.2, 0.25) is 0 Å². The number of aromatic nitrogens is 1. The number of allylic oxidation sites excluding steroid dienone is 1. The molecule has 0 saturated carbocycles. The Hall–Kier alpha value is -4.93. The van der Waals surface area contributed by atoms with E-state index in [1.807, 2.05) is 0 Å². The smallest absolute Gasteiger partial charge is 0.333 e. The number of aromatic hydroxyl groups is 1. The van der Waals surface area contributed by atoms with Crippen LogP contribution in [0.3, 0.4) is 0 Å². The largest absolute Gasteiger partial charge is 0.503 e. The highest BCUT2D eigenvalue weighted by atomic mass is 16.5. The molecule has 212 valence electrons. The third-order valence-electron chi connectivity index (χ3n) is 5.97. The van der Waals surface area contributed by atoms with Crippen molar-refractivity contribution < 1.29 is 43.1 Å². The van der Waals surface area contributed by atoms with E-state index in [4.69, 9.17) is 28.4 Å². The number of ether oxygens (including phenoxy) is 6. The number of esters is 1. The number of carbonyl (C=O) groups excluding carboxylic acids is 2. The van der Waals surface area contributed by atoms with Gasteiger partial charge in [-0.25, -0.2) is 9.78 Å². The molecular weight excluding hydrogens is 520 g/mol. The molecule has 3 aromatic rings. The van der Waals surface area contributed by atoms with Gasteiger partial charge in [-0.1, -0.05) is 12.1 Å². The highest BCUT2D eigenvalue weighted by Crippen LogP contribution is 2.38. The van der Waals surface area contributed by atoms with Gasteiger partial charge in [0.25, 0.3) is 5.91 Å². The van der Waals surface area contributed by atoms with Crippen LogP contribution in [0.4, 0.5) is 0 Å². The SMILES string of the molecule is COc1ccc(C(=C(C)OC(=O)[C@H](C)NC(=O)c2nccc(OC)c2O)c2ccc(OC)c(OC)c2)cc1OC. The zero-order valence-electron chi connectivity index (χ0n) is 23.4. The Bertz CT molecular complexity index is 1360. The number of amides is 1. The van der Waals surface area contributed by atoms with Crippen LogP contribution in [0.5, 0.6) is 34.5 Å². The minimum atomic E-state index is -1.09. The molecule has 2 N–H and O–H groups in total. The van der Waals surface area contributed by atoms with Gasteiger partial charge in [-0.3, -0.25) is 4.79 Å². The average Bonchev–Trinajstić information content (AvgIpc) is 2.96. The predicted molar refractivity (Wildman–Crippen MR) is 146 cm³/mol. The number of methoxy groups -OCH3 is 5. The van der Waals surface area contributed by atoms with E-state index in [9.17, 15) is 14.7 Å². The molecule has 1 atom stereocenters. The third-order valence-corrected chi connectivity index (χ3v) is 5.97. The van der Waals surface area contributed by atoms with Crippen LogP contribution in [0.25, 0.3) is 5.57 Å². The zero-order valence-corrected chi connectivity index (χ0v) is 23.4. The van der Waals surface area contributed by atoms with Crippen LogP contribution in [0.2, 0.25) is 0 Å². The van der Waals surface area contributed by atoms with Gasteiger partial charge in [0.1, 0.15) is 11.8 Å². The van der Waals surface area contributed by atoms with E-state index < -0.39 is 23.7 Å². The van der Waals surface area contributed by atoms with Crippen LogP contribution in [-0.2, 0) is 9.53 Å². The predicted octanol–water partition coefficient (Wildman–Crippen LogP) is 3.97. The first-order valence-electron chi connectivity index (χ1n) is 12.1. The molecule has 1 heterocycles. The maximum Gasteiger partial charge on any atom is 0.333 e. The quantitative estimate of drug-likeness (QED) is 0.266. The Morgan fingerprint density at radius 1 is 0.775 bits per heavy atom. The molecule has 0 bridgehead atoms. The summed E-state index contributed by atoms with van der Waals surface area (Å²) >= 11 is 0. The normalized spacial score (nSPS) is 11.1. The molecule has 0 radical (unpaired) electrons. The second-order valence-corrected chi connectivity index (χ2v) is 8.40. The molecule has 0 spiro atoms. The number of carbonyl (C=O) groups is 2. The number of hydrogen-bond donors (Lipinski definition) is 2. The number of rotatable bonds is 11. The number of pyridine rings is 1. The van der Waals surface area contributed by atoms with Gasteiger partial charge in [0.05, 0.1) is 35.5 Å². The van der Waals surface area contributed by atoms with E-state index in [1.165, 1.54) is 54.7 Å². The Morgan fingerprint density at radius 3 is 1.75 bits per heavy atom. The number of nitrogens with zero attached hydrogens (tertiary/aromatic N) is 1. The topological polar surface area (TPSA) is 135 Å². The van der Waals surface area contributed by atoms with Crippen molar-refractivity contribution in [2.75, 3.05) is 35.5 Å². The monoisotopic (exact) mass is 552 g/mol. The van der Waals surface area contributed by atoms with Gasteiger partial charge >= 0.3 is 5.97 Å². The lowest BCUT2D eigenvalue weighted by Gasteiger charge is -2.19. The number of benzene rings is 2. The Morgan fingerprint density at radius 2 is 1.27 bits per heavy atom. The van der Waals surface area contributed by atoms with Crippen LogP contribution in [0, 0.1) is 0 Å². The van der Waals surface area contributed by atoms with Gasteiger partial charge in [-0.05, 0) is 49.2 Å². The van der Waals surface area contributed by atoms with Crippen molar-refractivity contribution in [2.24, 2.45) is 0 Å². The highest BCUT2D eigenvalue weighted by Gasteiger charge is 2.24. The maximum absolute atomic E-state index is 13.1. The third kappa shape index (κ3) is 6.37. The first-order valence-corrected chi connectivity index (χ1v) is 12.1. The van der Waals surface area contributed by atoms with Crippen molar-refractivity contribution in [1.29, 1.82) is 0 Å². The van der Waals surface area contributed by atoms with Crippen molar-refractivity contribution in [2.45, 2.75) is 19.9 Å². The molecule has 11 heteroatoms. The number of nitrogens with one attached hydrogen (secondary N) is 1. The van der Waals surface area contributed by atoms with Crippen molar-refractivity contribution in [3.63, 3.8) is 0 Å². The standard InChI is InChI=1S/C29H32N2O9/c1-16(31-28(33)26-27(32)22(37-5)12-13-30-26)29(34)40-17(2)25(18-8-10-20(35-3)23(14-18)38-6)19-9-11-21(36-4)24(15-19)39-7/h8-16,32H,1-7H3,(H,31,33)/t16-/m0/s1. The molecule has 3 rings (SSSR count). The van der Waals surface area contributed by atoms with Gasteiger partial charge < -0.3 is 38.8 Å². The molecule has 0 aliphatic heterocycles.